The summed E-state index contributed by atoms with van der Waals surface area (Å²) in [5.41, 5.74) is 6.81. The maximum absolute atomic E-state index is 12.8. The Balaban J connectivity index is 1.66. The minimum atomic E-state index is -3.40. The van der Waals surface area contributed by atoms with Crippen molar-refractivity contribution in [2.24, 2.45) is 10.7 Å². The van der Waals surface area contributed by atoms with Crippen LogP contribution in [0.25, 0.3) is 0 Å². The van der Waals surface area contributed by atoms with E-state index in [1.807, 2.05) is 6.07 Å². The van der Waals surface area contributed by atoms with Crippen molar-refractivity contribution < 1.29 is 8.42 Å². The van der Waals surface area contributed by atoms with Crippen molar-refractivity contribution in [1.29, 1.82) is 0 Å². The fourth-order valence-electron chi connectivity index (χ4n) is 3.56. The zero-order chi connectivity index (χ0) is 17.7. The number of benzene rings is 1. The fraction of sp³-hybridized carbons (Fsp3) is 0.611. The van der Waals surface area contributed by atoms with Crippen molar-refractivity contribution >= 4 is 16.0 Å². The lowest BCUT2D eigenvalue weighted by Crippen LogP contribution is -2.38. The predicted octanol–water partition coefficient (Wildman–Crippen LogP) is 2.21. The largest absolute Gasteiger partial charge is 0.370 e. The molecule has 0 amide bonds. The number of piperidine rings is 1. The molecule has 7 heteroatoms. The molecule has 3 N–H and O–H groups in total. The van der Waals surface area contributed by atoms with Crippen molar-refractivity contribution in [2.75, 3.05) is 13.1 Å². The molecular formula is C18H28N4O2S. The van der Waals surface area contributed by atoms with Gasteiger partial charge in [0, 0.05) is 19.1 Å². The molecule has 6 nitrogen and oxygen atoms in total. The summed E-state index contributed by atoms with van der Waals surface area (Å²) in [4.78, 5) is 4.72. The molecule has 0 aromatic heterocycles. The van der Waals surface area contributed by atoms with Gasteiger partial charge in [-0.3, -0.25) is 0 Å². The number of aliphatic imine (C=N–C) groups is 1. The number of nitrogens with two attached hydrogens (primary N) is 1. The molecule has 0 atom stereocenters. The van der Waals surface area contributed by atoms with Crippen LogP contribution in [-0.4, -0.2) is 37.8 Å². The summed E-state index contributed by atoms with van der Waals surface area (Å²) >= 11 is 0. The molecule has 0 radical (unpaired) electrons. The molecule has 2 aliphatic rings. The highest BCUT2D eigenvalue weighted by atomic mass is 32.2. The van der Waals surface area contributed by atoms with Gasteiger partial charge in [0.05, 0.1) is 11.4 Å². The minimum Gasteiger partial charge on any atom is -0.370 e. The molecular weight excluding hydrogens is 336 g/mol. The van der Waals surface area contributed by atoms with Gasteiger partial charge >= 0.3 is 0 Å². The third-order valence-electron chi connectivity index (χ3n) is 4.99. The summed E-state index contributed by atoms with van der Waals surface area (Å²) in [7, 11) is -3.40. The molecule has 3 rings (SSSR count). The van der Waals surface area contributed by atoms with E-state index in [9.17, 15) is 8.42 Å². The van der Waals surface area contributed by atoms with Crippen molar-refractivity contribution in [1.82, 2.24) is 9.62 Å². The Morgan fingerprint density at radius 3 is 2.60 bits per heavy atom. The standard InChI is InChI=1S/C18H28N4O2S/c19-18(21-16-8-2-3-9-16)20-14-15-7-6-10-17(13-15)25(23,24)22-11-4-1-5-12-22/h6-7,10,13,16H,1-5,8-9,11-12,14H2,(H3,19,20,21). The van der Waals surface area contributed by atoms with E-state index in [2.05, 4.69) is 10.3 Å². The topological polar surface area (TPSA) is 87.8 Å². The molecule has 0 bridgehead atoms. The van der Waals surface area contributed by atoms with Crippen LogP contribution in [0.4, 0.5) is 0 Å². The lowest BCUT2D eigenvalue weighted by Gasteiger charge is -2.26. The van der Waals surface area contributed by atoms with Gasteiger partial charge in [-0.05, 0) is 43.4 Å². The fourth-order valence-corrected chi connectivity index (χ4v) is 5.15. The molecule has 0 spiro atoms. The van der Waals surface area contributed by atoms with E-state index in [1.165, 1.54) is 12.8 Å². The second-order valence-corrected chi connectivity index (χ2v) is 8.88. The Labute approximate surface area is 150 Å². The number of rotatable bonds is 5. The van der Waals surface area contributed by atoms with Gasteiger partial charge in [-0.25, -0.2) is 13.4 Å². The first-order valence-electron chi connectivity index (χ1n) is 9.21. The van der Waals surface area contributed by atoms with Gasteiger partial charge in [0.25, 0.3) is 0 Å². The molecule has 1 heterocycles. The van der Waals surface area contributed by atoms with Crippen LogP contribution in [0, 0.1) is 0 Å². The number of nitrogens with one attached hydrogen (secondary N) is 1. The molecule has 1 aliphatic carbocycles. The van der Waals surface area contributed by atoms with Gasteiger partial charge in [0.15, 0.2) is 5.96 Å². The molecule has 1 saturated carbocycles. The monoisotopic (exact) mass is 364 g/mol. The number of sulfonamides is 1. The molecule has 1 aromatic carbocycles. The van der Waals surface area contributed by atoms with Gasteiger partial charge < -0.3 is 11.1 Å². The highest BCUT2D eigenvalue weighted by Crippen LogP contribution is 2.21. The molecule has 1 aromatic rings. The molecule has 25 heavy (non-hydrogen) atoms. The Hall–Kier alpha value is -1.60. The summed E-state index contributed by atoms with van der Waals surface area (Å²) in [6, 6.07) is 7.48. The SMILES string of the molecule is NC(=NCc1cccc(S(=O)(=O)N2CCCCC2)c1)NC1CCCC1. The van der Waals surface area contributed by atoms with Crippen molar-refractivity contribution in [3.05, 3.63) is 29.8 Å². The van der Waals surface area contributed by atoms with E-state index >= 15 is 0 Å². The van der Waals surface area contributed by atoms with Gasteiger partial charge in [0.1, 0.15) is 0 Å². The normalized spacial score (nSPS) is 20.7. The molecule has 138 valence electrons. The van der Waals surface area contributed by atoms with Gasteiger partial charge in [-0.15, -0.1) is 0 Å². The van der Waals surface area contributed by atoms with E-state index in [-0.39, 0.29) is 0 Å². The number of guanidine groups is 1. The average molecular weight is 365 g/mol. The molecule has 1 aliphatic heterocycles. The van der Waals surface area contributed by atoms with Gasteiger partial charge in [0.2, 0.25) is 10.0 Å². The number of nitrogens with zero attached hydrogens (tertiary/aromatic N) is 2. The van der Waals surface area contributed by atoms with Crippen molar-refractivity contribution in [3.8, 4) is 0 Å². The van der Waals surface area contributed by atoms with E-state index in [0.717, 1.165) is 37.7 Å². The minimum absolute atomic E-state index is 0.351. The highest BCUT2D eigenvalue weighted by molar-refractivity contribution is 7.89. The van der Waals surface area contributed by atoms with Crippen LogP contribution in [0.1, 0.15) is 50.5 Å². The smallest absolute Gasteiger partial charge is 0.243 e. The third-order valence-corrected chi connectivity index (χ3v) is 6.89. The lowest BCUT2D eigenvalue weighted by molar-refractivity contribution is 0.346. The van der Waals surface area contributed by atoms with Crippen LogP contribution in [0.3, 0.4) is 0 Å². The zero-order valence-corrected chi connectivity index (χ0v) is 15.5. The van der Waals surface area contributed by atoms with Gasteiger partial charge in [-0.2, -0.15) is 4.31 Å². The quantitative estimate of drug-likeness (QED) is 0.619. The predicted molar refractivity (Wildman–Crippen MR) is 99.8 cm³/mol. The Morgan fingerprint density at radius 1 is 1.16 bits per heavy atom. The Kier molecular flexibility index (Phi) is 5.96. The van der Waals surface area contributed by atoms with Crippen LogP contribution >= 0.6 is 0 Å². The van der Waals surface area contributed by atoms with E-state index < -0.39 is 10.0 Å². The van der Waals surface area contributed by atoms with Crippen LogP contribution in [0.15, 0.2) is 34.2 Å². The second kappa shape index (κ2) is 8.19. The summed E-state index contributed by atoms with van der Waals surface area (Å²) < 4.78 is 27.1. The van der Waals surface area contributed by atoms with E-state index in [4.69, 9.17) is 5.73 Å². The summed E-state index contributed by atoms with van der Waals surface area (Å²) in [5, 5.41) is 3.25. The average Bonchev–Trinajstić information content (AvgIpc) is 3.14. The van der Waals surface area contributed by atoms with Crippen molar-refractivity contribution in [3.63, 3.8) is 0 Å². The summed E-state index contributed by atoms with van der Waals surface area (Å²) in [6.07, 6.45) is 7.73. The van der Waals surface area contributed by atoms with E-state index in [0.29, 0.717) is 36.5 Å². The van der Waals surface area contributed by atoms with Crippen LogP contribution in [0.5, 0.6) is 0 Å². The maximum atomic E-state index is 12.8. The second-order valence-electron chi connectivity index (χ2n) is 6.94. The van der Waals surface area contributed by atoms with Gasteiger partial charge in [-0.1, -0.05) is 31.4 Å². The third kappa shape index (κ3) is 4.73. The first-order valence-corrected chi connectivity index (χ1v) is 10.7. The van der Waals surface area contributed by atoms with Crippen LogP contribution in [0.2, 0.25) is 0 Å². The molecule has 2 fully saturated rings. The first-order chi connectivity index (χ1) is 12.1. The molecule has 0 unspecified atom stereocenters. The lowest BCUT2D eigenvalue weighted by atomic mass is 10.2. The van der Waals surface area contributed by atoms with Crippen molar-refractivity contribution in [2.45, 2.75) is 62.4 Å². The number of hydrogen-bond donors (Lipinski definition) is 2. The highest BCUT2D eigenvalue weighted by Gasteiger charge is 2.25. The maximum Gasteiger partial charge on any atom is 0.243 e. The van der Waals surface area contributed by atoms with E-state index in [1.54, 1.807) is 22.5 Å². The summed E-state index contributed by atoms with van der Waals surface area (Å²) in [5.74, 6) is 0.441. The Morgan fingerprint density at radius 2 is 1.88 bits per heavy atom. The zero-order valence-electron chi connectivity index (χ0n) is 14.7. The van der Waals surface area contributed by atoms with Crippen LogP contribution < -0.4 is 11.1 Å². The first kappa shape index (κ1) is 18.2. The number of hydrogen-bond acceptors (Lipinski definition) is 3. The van der Waals surface area contributed by atoms with Crippen LogP contribution in [-0.2, 0) is 16.6 Å². The molecule has 1 saturated heterocycles. The Bertz CT molecular complexity index is 706. The summed E-state index contributed by atoms with van der Waals surface area (Å²) in [6.45, 7) is 1.61.